The van der Waals surface area contributed by atoms with Crippen molar-refractivity contribution in [2.45, 2.75) is 66.0 Å². The van der Waals surface area contributed by atoms with Crippen LogP contribution >= 0.6 is 0 Å². The van der Waals surface area contributed by atoms with E-state index >= 15 is 0 Å². The molecule has 0 aliphatic heterocycles. The number of esters is 1. The molecule has 2 rings (SSSR count). The molecule has 1 aromatic rings. The molecule has 0 spiro atoms. The fourth-order valence-electron chi connectivity index (χ4n) is 3.38. The minimum Gasteiger partial charge on any atom is -0.452 e. The van der Waals surface area contributed by atoms with Crippen molar-refractivity contribution in [3.63, 3.8) is 0 Å². The van der Waals surface area contributed by atoms with E-state index in [4.69, 9.17) is 4.74 Å². The van der Waals surface area contributed by atoms with E-state index in [9.17, 15) is 9.59 Å². The van der Waals surface area contributed by atoms with Gasteiger partial charge in [0, 0.05) is 24.0 Å². The van der Waals surface area contributed by atoms with E-state index in [0.717, 1.165) is 49.5 Å². The second-order valence-electron chi connectivity index (χ2n) is 6.63. The molecule has 0 bridgehead atoms. The molecule has 1 heterocycles. The largest absolute Gasteiger partial charge is 0.452 e. The first-order chi connectivity index (χ1) is 10.9. The van der Waals surface area contributed by atoms with Crippen molar-refractivity contribution in [1.82, 2.24) is 9.88 Å². The molecule has 1 saturated carbocycles. The molecule has 0 unspecified atom stereocenters. The molecule has 0 atom stereocenters. The van der Waals surface area contributed by atoms with Gasteiger partial charge in [-0.25, -0.2) is 4.79 Å². The third-order valence-corrected chi connectivity index (χ3v) is 4.83. The second kappa shape index (κ2) is 7.66. The van der Waals surface area contributed by atoms with Crippen molar-refractivity contribution < 1.29 is 14.3 Å². The van der Waals surface area contributed by atoms with Crippen molar-refractivity contribution in [2.75, 3.05) is 6.61 Å². The van der Waals surface area contributed by atoms with Crippen LogP contribution in [0.1, 0.15) is 61.3 Å². The van der Waals surface area contributed by atoms with Gasteiger partial charge < -0.3 is 14.6 Å². The van der Waals surface area contributed by atoms with Gasteiger partial charge in [-0.3, -0.25) is 4.79 Å². The number of nitrogens with one attached hydrogen (secondary N) is 1. The molecule has 128 valence electrons. The number of aromatic nitrogens is 1. The van der Waals surface area contributed by atoms with Crippen molar-refractivity contribution in [3.05, 3.63) is 23.0 Å². The van der Waals surface area contributed by atoms with E-state index in [0.29, 0.717) is 5.56 Å². The van der Waals surface area contributed by atoms with E-state index in [1.165, 1.54) is 0 Å². The topological polar surface area (TPSA) is 60.3 Å². The summed E-state index contributed by atoms with van der Waals surface area (Å²) in [4.78, 5) is 24.1. The summed E-state index contributed by atoms with van der Waals surface area (Å²) in [5, 5.41) is 2.97. The molecule has 1 fully saturated rings. The minimum atomic E-state index is -0.426. The molecule has 0 radical (unpaired) electrons. The third-order valence-electron chi connectivity index (χ3n) is 4.83. The van der Waals surface area contributed by atoms with Gasteiger partial charge in [-0.15, -0.1) is 0 Å². The molecular weight excluding hydrogens is 292 g/mol. The highest BCUT2D eigenvalue weighted by Gasteiger charge is 2.21. The van der Waals surface area contributed by atoms with Crippen LogP contribution in [0.3, 0.4) is 0 Å². The number of carbonyl (C=O) groups is 2. The summed E-state index contributed by atoms with van der Waals surface area (Å²) in [7, 11) is 0. The highest BCUT2D eigenvalue weighted by molar-refractivity contribution is 5.92. The number of hydrogen-bond donors (Lipinski definition) is 1. The summed E-state index contributed by atoms with van der Waals surface area (Å²) < 4.78 is 7.24. The Kier molecular flexibility index (Phi) is 5.85. The Labute approximate surface area is 138 Å². The molecule has 5 heteroatoms. The maximum absolute atomic E-state index is 12.2. The van der Waals surface area contributed by atoms with Crippen LogP contribution in [0.4, 0.5) is 0 Å². The molecular formula is C18H28N2O3. The van der Waals surface area contributed by atoms with Gasteiger partial charge in [-0.1, -0.05) is 6.92 Å². The molecule has 1 amide bonds. The zero-order chi connectivity index (χ0) is 17.0. The molecule has 0 aromatic carbocycles. The summed E-state index contributed by atoms with van der Waals surface area (Å²) in [6.45, 7) is 8.74. The van der Waals surface area contributed by atoms with Crippen LogP contribution in [0.5, 0.6) is 0 Å². The van der Waals surface area contributed by atoms with Gasteiger partial charge in [0.1, 0.15) is 0 Å². The van der Waals surface area contributed by atoms with Crippen LogP contribution in [0.2, 0.25) is 0 Å². The summed E-state index contributed by atoms with van der Waals surface area (Å²) in [6.07, 6.45) is 4.32. The lowest BCUT2D eigenvalue weighted by atomic mass is 9.87. The first kappa shape index (κ1) is 17.6. The van der Waals surface area contributed by atoms with Gasteiger partial charge in [-0.2, -0.15) is 0 Å². The highest BCUT2D eigenvalue weighted by atomic mass is 16.5. The number of hydrogen-bond acceptors (Lipinski definition) is 3. The van der Waals surface area contributed by atoms with Crippen molar-refractivity contribution in [2.24, 2.45) is 5.92 Å². The normalized spacial score (nSPS) is 21.0. The SMILES string of the molecule is CCn1c(C)cc(C(=O)OCC(=O)NC2CCC(C)CC2)c1C. The van der Waals surface area contributed by atoms with Crippen LogP contribution in [0.25, 0.3) is 0 Å². The Morgan fingerprint density at radius 1 is 1.26 bits per heavy atom. The molecule has 0 saturated heterocycles. The lowest BCUT2D eigenvalue weighted by molar-refractivity contribution is -0.125. The monoisotopic (exact) mass is 320 g/mol. The predicted octanol–water partition coefficient (Wildman–Crippen LogP) is 2.98. The maximum Gasteiger partial charge on any atom is 0.340 e. The minimum absolute atomic E-state index is 0.206. The van der Waals surface area contributed by atoms with E-state index in [2.05, 4.69) is 16.8 Å². The smallest absolute Gasteiger partial charge is 0.340 e. The quantitative estimate of drug-likeness (QED) is 0.849. The molecule has 23 heavy (non-hydrogen) atoms. The van der Waals surface area contributed by atoms with Gasteiger partial charge >= 0.3 is 5.97 Å². The molecule has 1 N–H and O–H groups in total. The standard InChI is InChI=1S/C18H28N2O3/c1-5-20-13(3)10-16(14(20)4)18(22)23-11-17(21)19-15-8-6-12(2)7-9-15/h10,12,15H,5-9,11H2,1-4H3,(H,19,21). The van der Waals surface area contributed by atoms with Gasteiger partial charge in [0.25, 0.3) is 5.91 Å². The van der Waals surface area contributed by atoms with Gasteiger partial charge in [-0.05, 0) is 58.4 Å². The molecule has 5 nitrogen and oxygen atoms in total. The average Bonchev–Trinajstić information content (AvgIpc) is 2.81. The van der Waals surface area contributed by atoms with Crippen molar-refractivity contribution in [3.8, 4) is 0 Å². The van der Waals surface area contributed by atoms with Crippen molar-refractivity contribution in [1.29, 1.82) is 0 Å². The Bertz CT molecular complexity index is 569. The fourth-order valence-corrected chi connectivity index (χ4v) is 3.38. The van der Waals surface area contributed by atoms with E-state index in [1.807, 2.05) is 26.8 Å². The van der Waals surface area contributed by atoms with E-state index < -0.39 is 5.97 Å². The predicted molar refractivity (Wildman–Crippen MR) is 89.4 cm³/mol. The molecule has 1 aliphatic carbocycles. The molecule has 1 aliphatic rings. The average molecular weight is 320 g/mol. The highest BCUT2D eigenvalue weighted by Crippen LogP contribution is 2.23. The zero-order valence-electron chi connectivity index (χ0n) is 14.6. The maximum atomic E-state index is 12.2. The van der Waals surface area contributed by atoms with Gasteiger partial charge in [0.15, 0.2) is 6.61 Å². The first-order valence-electron chi connectivity index (χ1n) is 8.55. The van der Waals surface area contributed by atoms with Crippen LogP contribution in [-0.2, 0) is 16.1 Å². The number of nitrogens with zero attached hydrogens (tertiary/aromatic N) is 1. The van der Waals surface area contributed by atoms with Crippen LogP contribution < -0.4 is 5.32 Å². The number of rotatable bonds is 5. The van der Waals surface area contributed by atoms with Crippen LogP contribution in [0, 0.1) is 19.8 Å². The van der Waals surface area contributed by atoms with E-state index in [-0.39, 0.29) is 18.6 Å². The first-order valence-corrected chi connectivity index (χ1v) is 8.55. The Morgan fingerprint density at radius 2 is 1.91 bits per heavy atom. The van der Waals surface area contributed by atoms with E-state index in [1.54, 1.807) is 0 Å². The van der Waals surface area contributed by atoms with Crippen LogP contribution in [-0.4, -0.2) is 29.1 Å². The van der Waals surface area contributed by atoms with Crippen LogP contribution in [0.15, 0.2) is 6.07 Å². The summed E-state index contributed by atoms with van der Waals surface area (Å²) >= 11 is 0. The fraction of sp³-hybridized carbons (Fsp3) is 0.667. The van der Waals surface area contributed by atoms with Crippen molar-refractivity contribution >= 4 is 11.9 Å². The molecule has 1 aromatic heterocycles. The third kappa shape index (κ3) is 4.36. The van der Waals surface area contributed by atoms with Gasteiger partial charge in [0.05, 0.1) is 5.56 Å². The number of ether oxygens (including phenoxy) is 1. The number of aryl methyl sites for hydroxylation is 1. The number of amides is 1. The summed E-state index contributed by atoms with van der Waals surface area (Å²) in [5.41, 5.74) is 2.46. The lowest BCUT2D eigenvalue weighted by Gasteiger charge is -2.26. The second-order valence-corrected chi connectivity index (χ2v) is 6.63. The van der Waals surface area contributed by atoms with Gasteiger partial charge in [0.2, 0.25) is 0 Å². The Morgan fingerprint density at radius 3 is 2.48 bits per heavy atom. The Hall–Kier alpha value is -1.78. The number of carbonyl (C=O) groups excluding carboxylic acids is 2. The zero-order valence-corrected chi connectivity index (χ0v) is 14.6. The lowest BCUT2D eigenvalue weighted by Crippen LogP contribution is -2.39. The summed E-state index contributed by atoms with van der Waals surface area (Å²) in [6, 6.07) is 2.05. The Balaban J connectivity index is 1.83. The summed E-state index contributed by atoms with van der Waals surface area (Å²) in [5.74, 6) is 0.113.